The Balaban J connectivity index is 3.01. The van der Waals surface area contributed by atoms with Crippen molar-refractivity contribution in [2.75, 3.05) is 0 Å². The summed E-state index contributed by atoms with van der Waals surface area (Å²) < 4.78 is 62.5. The standard InChI is InChI=1S/C12H12ClF5/c1-7(2)8-3-5-9(6-4-8)10(13)11(14,15)12(16,17)18/h3-7,10H,1-2H3. The summed E-state index contributed by atoms with van der Waals surface area (Å²) in [6.45, 7) is 3.77. The van der Waals surface area contributed by atoms with Crippen molar-refractivity contribution in [2.24, 2.45) is 0 Å². The smallest absolute Gasteiger partial charge is 0.194 e. The van der Waals surface area contributed by atoms with Gasteiger partial charge in [0.2, 0.25) is 0 Å². The Kier molecular flexibility index (Phi) is 4.26. The van der Waals surface area contributed by atoms with Crippen molar-refractivity contribution in [2.45, 2.75) is 37.2 Å². The largest absolute Gasteiger partial charge is 0.455 e. The van der Waals surface area contributed by atoms with E-state index in [4.69, 9.17) is 11.6 Å². The fourth-order valence-corrected chi connectivity index (χ4v) is 1.67. The van der Waals surface area contributed by atoms with Crippen LogP contribution in [0, 0.1) is 0 Å². The van der Waals surface area contributed by atoms with Gasteiger partial charge in [0.15, 0.2) is 0 Å². The maximum Gasteiger partial charge on any atom is 0.455 e. The van der Waals surface area contributed by atoms with E-state index < -0.39 is 17.5 Å². The first-order valence-electron chi connectivity index (χ1n) is 5.26. The highest BCUT2D eigenvalue weighted by Gasteiger charge is 2.62. The van der Waals surface area contributed by atoms with E-state index in [2.05, 4.69) is 0 Å². The molecule has 0 aliphatic heterocycles. The Morgan fingerprint density at radius 1 is 0.889 bits per heavy atom. The number of rotatable bonds is 3. The maximum atomic E-state index is 13.0. The lowest BCUT2D eigenvalue weighted by Gasteiger charge is -2.24. The Morgan fingerprint density at radius 3 is 1.61 bits per heavy atom. The molecule has 1 atom stereocenters. The van der Waals surface area contributed by atoms with Crippen molar-refractivity contribution in [1.82, 2.24) is 0 Å². The number of halogens is 6. The van der Waals surface area contributed by atoms with Crippen molar-refractivity contribution in [3.63, 3.8) is 0 Å². The molecule has 0 heterocycles. The molecule has 0 fully saturated rings. The van der Waals surface area contributed by atoms with Gasteiger partial charge in [-0.05, 0) is 17.0 Å². The topological polar surface area (TPSA) is 0 Å². The van der Waals surface area contributed by atoms with Crippen LogP contribution in [0.15, 0.2) is 24.3 Å². The Labute approximate surface area is 107 Å². The molecule has 18 heavy (non-hydrogen) atoms. The highest BCUT2D eigenvalue weighted by molar-refractivity contribution is 6.21. The van der Waals surface area contributed by atoms with Gasteiger partial charge in [-0.15, -0.1) is 11.6 Å². The minimum Gasteiger partial charge on any atom is -0.194 e. The van der Waals surface area contributed by atoms with Crippen molar-refractivity contribution in [3.8, 4) is 0 Å². The molecule has 102 valence electrons. The van der Waals surface area contributed by atoms with Gasteiger partial charge in [-0.1, -0.05) is 38.1 Å². The first-order chi connectivity index (χ1) is 8.07. The summed E-state index contributed by atoms with van der Waals surface area (Å²) in [4.78, 5) is 0. The molecule has 1 unspecified atom stereocenters. The van der Waals surface area contributed by atoms with Crippen LogP contribution in [0.2, 0.25) is 0 Å². The minimum atomic E-state index is -5.66. The molecule has 0 radical (unpaired) electrons. The predicted octanol–water partition coefficient (Wildman–Crippen LogP) is 5.29. The Morgan fingerprint density at radius 2 is 1.28 bits per heavy atom. The Hall–Kier alpha value is -0.840. The lowest BCUT2D eigenvalue weighted by molar-refractivity contribution is -0.283. The molecule has 0 saturated heterocycles. The fraction of sp³-hybridized carbons (Fsp3) is 0.500. The molecular weight excluding hydrogens is 275 g/mol. The van der Waals surface area contributed by atoms with Crippen molar-refractivity contribution in [3.05, 3.63) is 35.4 Å². The summed E-state index contributed by atoms with van der Waals surface area (Å²) in [5, 5.41) is -2.42. The molecule has 6 heteroatoms. The van der Waals surface area contributed by atoms with E-state index in [1.54, 1.807) is 0 Å². The Bertz CT molecular complexity index is 394. The van der Waals surface area contributed by atoms with Crippen LogP contribution in [0.4, 0.5) is 22.0 Å². The number of hydrogen-bond acceptors (Lipinski definition) is 0. The van der Waals surface area contributed by atoms with E-state index in [1.165, 1.54) is 24.3 Å². The lowest BCUT2D eigenvalue weighted by Crippen LogP contribution is -2.40. The van der Waals surface area contributed by atoms with Crippen LogP contribution < -0.4 is 0 Å². The molecule has 0 aromatic heterocycles. The molecule has 0 saturated carbocycles. The summed E-state index contributed by atoms with van der Waals surface area (Å²) in [6, 6.07) is 5.41. The van der Waals surface area contributed by atoms with Crippen LogP contribution >= 0.6 is 11.6 Å². The van der Waals surface area contributed by atoms with Crippen LogP contribution in [-0.2, 0) is 0 Å². The average Bonchev–Trinajstić information content (AvgIpc) is 2.26. The summed E-state index contributed by atoms with van der Waals surface area (Å²) >= 11 is 5.24. The van der Waals surface area contributed by atoms with Gasteiger partial charge in [-0.25, -0.2) is 0 Å². The molecule has 1 aromatic rings. The molecule has 0 spiro atoms. The second-order valence-electron chi connectivity index (χ2n) is 4.30. The molecule has 0 nitrogen and oxygen atoms in total. The zero-order valence-corrected chi connectivity index (χ0v) is 10.5. The van der Waals surface area contributed by atoms with Crippen LogP contribution in [0.3, 0.4) is 0 Å². The van der Waals surface area contributed by atoms with Crippen molar-refractivity contribution < 1.29 is 22.0 Å². The van der Waals surface area contributed by atoms with Gasteiger partial charge in [0.1, 0.15) is 5.38 Å². The first kappa shape index (κ1) is 15.2. The van der Waals surface area contributed by atoms with Crippen LogP contribution in [-0.4, -0.2) is 12.1 Å². The molecular formula is C12H12ClF5. The van der Waals surface area contributed by atoms with E-state index in [9.17, 15) is 22.0 Å². The molecule has 1 rings (SSSR count). The highest BCUT2D eigenvalue weighted by Crippen LogP contribution is 2.47. The SMILES string of the molecule is CC(C)c1ccc(C(Cl)C(F)(F)C(F)(F)F)cc1. The molecule has 1 aromatic carbocycles. The van der Waals surface area contributed by atoms with Gasteiger partial charge in [0, 0.05) is 0 Å². The number of benzene rings is 1. The quantitative estimate of drug-likeness (QED) is 0.523. The monoisotopic (exact) mass is 286 g/mol. The van der Waals surface area contributed by atoms with E-state index in [0.29, 0.717) is 0 Å². The van der Waals surface area contributed by atoms with E-state index in [-0.39, 0.29) is 11.5 Å². The van der Waals surface area contributed by atoms with E-state index >= 15 is 0 Å². The summed E-state index contributed by atoms with van der Waals surface area (Å²) in [5.41, 5.74) is 0.598. The summed E-state index contributed by atoms with van der Waals surface area (Å²) in [7, 11) is 0. The van der Waals surface area contributed by atoms with Gasteiger partial charge in [0.25, 0.3) is 0 Å². The van der Waals surface area contributed by atoms with Gasteiger partial charge in [-0.3, -0.25) is 0 Å². The molecule has 0 amide bonds. The third-order valence-corrected chi connectivity index (χ3v) is 3.12. The summed E-state index contributed by atoms with van der Waals surface area (Å²) in [6.07, 6.45) is -5.66. The van der Waals surface area contributed by atoms with Gasteiger partial charge < -0.3 is 0 Å². The molecule has 0 aliphatic carbocycles. The van der Waals surface area contributed by atoms with Gasteiger partial charge >= 0.3 is 12.1 Å². The molecule has 0 bridgehead atoms. The van der Waals surface area contributed by atoms with Crippen LogP contribution in [0.1, 0.15) is 36.3 Å². The number of hydrogen-bond donors (Lipinski definition) is 0. The van der Waals surface area contributed by atoms with Crippen LogP contribution in [0.5, 0.6) is 0 Å². The van der Waals surface area contributed by atoms with Gasteiger partial charge in [0.05, 0.1) is 0 Å². The lowest BCUT2D eigenvalue weighted by atomic mass is 9.99. The van der Waals surface area contributed by atoms with Crippen molar-refractivity contribution in [1.29, 1.82) is 0 Å². The number of alkyl halides is 6. The van der Waals surface area contributed by atoms with Gasteiger partial charge in [-0.2, -0.15) is 22.0 Å². The van der Waals surface area contributed by atoms with E-state index in [0.717, 1.165) is 5.56 Å². The van der Waals surface area contributed by atoms with Crippen LogP contribution in [0.25, 0.3) is 0 Å². The summed E-state index contributed by atoms with van der Waals surface area (Å²) in [5.74, 6) is -4.79. The second-order valence-corrected chi connectivity index (χ2v) is 4.74. The third kappa shape index (κ3) is 2.94. The maximum absolute atomic E-state index is 13.0. The zero-order chi connectivity index (χ0) is 14.1. The fourth-order valence-electron chi connectivity index (χ4n) is 1.40. The van der Waals surface area contributed by atoms with Crippen molar-refractivity contribution >= 4 is 11.6 Å². The molecule has 0 N–H and O–H groups in total. The third-order valence-electron chi connectivity index (χ3n) is 2.59. The predicted molar refractivity (Wildman–Crippen MR) is 60.1 cm³/mol. The average molecular weight is 287 g/mol. The first-order valence-corrected chi connectivity index (χ1v) is 5.69. The highest BCUT2D eigenvalue weighted by atomic mass is 35.5. The second kappa shape index (κ2) is 5.03. The normalized spacial score (nSPS) is 14.9. The molecule has 0 aliphatic rings. The minimum absolute atomic E-state index is 0.163. The van der Waals surface area contributed by atoms with E-state index in [1.807, 2.05) is 13.8 Å². The zero-order valence-electron chi connectivity index (χ0n) is 9.73.